The number of rotatable bonds is 5. The molecule has 0 unspecified atom stereocenters. The fraction of sp³-hybridized carbons (Fsp3) is 0.417. The fourth-order valence-electron chi connectivity index (χ4n) is 1.57. The molecule has 4 nitrogen and oxygen atoms in total. The molecule has 5 heteroatoms. The molecule has 0 saturated heterocycles. The highest BCUT2D eigenvalue weighted by Gasteiger charge is 2.14. The summed E-state index contributed by atoms with van der Waals surface area (Å²) in [7, 11) is 5.82. The van der Waals surface area contributed by atoms with Crippen molar-refractivity contribution in [1.29, 1.82) is 5.41 Å². The predicted octanol–water partition coefficient (Wildman–Crippen LogP) is 1.11. The summed E-state index contributed by atoms with van der Waals surface area (Å²) in [4.78, 5) is 3.95. The molecule has 0 heterocycles. The van der Waals surface area contributed by atoms with Crippen LogP contribution in [0.25, 0.3) is 0 Å². The summed E-state index contributed by atoms with van der Waals surface area (Å²) in [6.45, 7) is 1.60. The maximum atomic E-state index is 13.6. The first-order chi connectivity index (χ1) is 7.93. The third-order valence-electron chi connectivity index (χ3n) is 2.55. The van der Waals surface area contributed by atoms with Crippen molar-refractivity contribution < 1.29 is 4.39 Å². The summed E-state index contributed by atoms with van der Waals surface area (Å²) in [6, 6.07) is 4.72. The van der Waals surface area contributed by atoms with Crippen molar-refractivity contribution in [1.82, 2.24) is 4.90 Å². The Kier molecular flexibility index (Phi) is 4.45. The Morgan fingerprint density at radius 3 is 2.47 bits per heavy atom. The molecule has 17 heavy (non-hydrogen) atoms. The van der Waals surface area contributed by atoms with Crippen LogP contribution in [-0.2, 0) is 0 Å². The zero-order valence-electron chi connectivity index (χ0n) is 10.5. The second-order valence-corrected chi connectivity index (χ2v) is 4.27. The minimum Gasteiger partial charge on any atom is -0.384 e. The van der Waals surface area contributed by atoms with Crippen LogP contribution in [0.4, 0.5) is 10.1 Å². The molecule has 0 fully saturated rings. The predicted molar refractivity (Wildman–Crippen MR) is 69.2 cm³/mol. The van der Waals surface area contributed by atoms with Gasteiger partial charge in [-0.3, -0.25) is 5.41 Å². The van der Waals surface area contributed by atoms with Crippen LogP contribution in [0, 0.1) is 11.2 Å². The molecule has 1 aromatic carbocycles. The van der Waals surface area contributed by atoms with Crippen LogP contribution in [0.1, 0.15) is 5.56 Å². The molecule has 0 bridgehead atoms. The van der Waals surface area contributed by atoms with Crippen LogP contribution < -0.4 is 10.6 Å². The first-order valence-electron chi connectivity index (χ1n) is 5.42. The number of amidine groups is 1. The molecular weight excluding hydrogens is 219 g/mol. The molecule has 0 radical (unpaired) electrons. The number of nitrogens with two attached hydrogens (primary N) is 1. The van der Waals surface area contributed by atoms with E-state index in [0.29, 0.717) is 5.69 Å². The highest BCUT2D eigenvalue weighted by molar-refractivity contribution is 6.00. The molecule has 0 amide bonds. The number of nitrogen functional groups attached to an aromatic ring is 1. The lowest BCUT2D eigenvalue weighted by molar-refractivity contribution is 0.416. The summed E-state index contributed by atoms with van der Waals surface area (Å²) < 4.78 is 13.6. The number of hydrogen-bond donors (Lipinski definition) is 2. The zero-order chi connectivity index (χ0) is 13.0. The molecule has 0 aliphatic heterocycles. The average Bonchev–Trinajstić information content (AvgIpc) is 2.24. The molecule has 0 atom stereocenters. The smallest absolute Gasteiger partial charge is 0.136 e. The fourth-order valence-corrected chi connectivity index (χ4v) is 1.57. The molecule has 0 aliphatic carbocycles. The van der Waals surface area contributed by atoms with E-state index >= 15 is 0 Å². The molecule has 0 spiro atoms. The minimum absolute atomic E-state index is 0.175. The Morgan fingerprint density at radius 1 is 1.29 bits per heavy atom. The third kappa shape index (κ3) is 3.42. The average molecular weight is 238 g/mol. The lowest BCUT2D eigenvalue weighted by Crippen LogP contribution is -2.30. The Bertz CT molecular complexity index is 403. The van der Waals surface area contributed by atoms with Gasteiger partial charge in [0.2, 0.25) is 0 Å². The normalized spacial score (nSPS) is 10.6. The number of halogens is 1. The number of nitrogens with one attached hydrogen (secondary N) is 1. The van der Waals surface area contributed by atoms with Gasteiger partial charge in [-0.25, -0.2) is 4.39 Å². The van der Waals surface area contributed by atoms with Gasteiger partial charge in [-0.15, -0.1) is 0 Å². The monoisotopic (exact) mass is 238 g/mol. The number of nitrogens with zero attached hydrogens (tertiary/aromatic N) is 2. The summed E-state index contributed by atoms with van der Waals surface area (Å²) in [5, 5.41) is 7.43. The first-order valence-corrected chi connectivity index (χ1v) is 5.42. The SMILES string of the molecule is CN(C)CCN(C)c1cccc(F)c1C(=N)N. The van der Waals surface area contributed by atoms with Gasteiger partial charge >= 0.3 is 0 Å². The van der Waals surface area contributed by atoms with Crippen molar-refractivity contribution in [3.8, 4) is 0 Å². The van der Waals surface area contributed by atoms with E-state index in [0.717, 1.165) is 13.1 Å². The van der Waals surface area contributed by atoms with Crippen LogP contribution in [0.2, 0.25) is 0 Å². The van der Waals surface area contributed by atoms with Gasteiger partial charge in [-0.1, -0.05) is 6.07 Å². The standard InChI is InChI=1S/C12H19FN4/c1-16(2)7-8-17(3)10-6-4-5-9(13)11(10)12(14)15/h4-6H,7-8H2,1-3H3,(H3,14,15). The molecule has 0 aromatic heterocycles. The van der Waals surface area contributed by atoms with Gasteiger partial charge in [0.05, 0.1) is 11.3 Å². The third-order valence-corrected chi connectivity index (χ3v) is 2.55. The minimum atomic E-state index is -0.452. The highest BCUT2D eigenvalue weighted by Crippen LogP contribution is 2.21. The Labute approximate surface area is 101 Å². The van der Waals surface area contributed by atoms with E-state index < -0.39 is 5.82 Å². The summed E-state index contributed by atoms with van der Waals surface area (Å²) in [5.41, 5.74) is 6.24. The number of hydrogen-bond acceptors (Lipinski definition) is 3. The maximum absolute atomic E-state index is 13.6. The Balaban J connectivity index is 2.96. The summed E-state index contributed by atoms with van der Waals surface area (Å²) >= 11 is 0. The van der Waals surface area contributed by atoms with E-state index in [9.17, 15) is 4.39 Å². The lowest BCUT2D eigenvalue weighted by atomic mass is 10.1. The molecule has 1 rings (SSSR count). The van der Waals surface area contributed by atoms with E-state index in [2.05, 4.69) is 0 Å². The number of benzene rings is 1. The van der Waals surface area contributed by atoms with Gasteiger partial charge in [-0.05, 0) is 26.2 Å². The van der Waals surface area contributed by atoms with Crippen LogP contribution in [-0.4, -0.2) is 45.0 Å². The first kappa shape index (κ1) is 13.4. The van der Waals surface area contributed by atoms with Crippen LogP contribution in [0.15, 0.2) is 18.2 Å². The van der Waals surface area contributed by atoms with Crippen molar-refractivity contribution in [2.45, 2.75) is 0 Å². The van der Waals surface area contributed by atoms with E-state index in [1.54, 1.807) is 12.1 Å². The van der Waals surface area contributed by atoms with Crippen molar-refractivity contribution >= 4 is 11.5 Å². The van der Waals surface area contributed by atoms with Crippen LogP contribution in [0.3, 0.4) is 0 Å². The van der Waals surface area contributed by atoms with Gasteiger partial charge in [0.15, 0.2) is 0 Å². The Morgan fingerprint density at radius 2 is 1.94 bits per heavy atom. The van der Waals surface area contributed by atoms with Crippen molar-refractivity contribution in [3.05, 3.63) is 29.6 Å². The second-order valence-electron chi connectivity index (χ2n) is 4.27. The molecule has 0 aliphatic rings. The Hall–Kier alpha value is -1.62. The van der Waals surface area contributed by atoms with Gasteiger partial charge in [0, 0.05) is 20.1 Å². The van der Waals surface area contributed by atoms with Crippen molar-refractivity contribution in [2.24, 2.45) is 5.73 Å². The second kappa shape index (κ2) is 5.63. The molecule has 94 valence electrons. The zero-order valence-corrected chi connectivity index (χ0v) is 10.5. The molecular formula is C12H19FN4. The highest BCUT2D eigenvalue weighted by atomic mass is 19.1. The van der Waals surface area contributed by atoms with E-state index in [1.165, 1.54) is 6.07 Å². The van der Waals surface area contributed by atoms with Crippen molar-refractivity contribution in [2.75, 3.05) is 39.1 Å². The maximum Gasteiger partial charge on any atom is 0.136 e. The quantitative estimate of drug-likeness (QED) is 0.597. The van der Waals surface area contributed by atoms with Crippen molar-refractivity contribution in [3.63, 3.8) is 0 Å². The van der Waals surface area contributed by atoms with Gasteiger partial charge in [0.25, 0.3) is 0 Å². The lowest BCUT2D eigenvalue weighted by Gasteiger charge is -2.24. The topological polar surface area (TPSA) is 56.4 Å². The van der Waals surface area contributed by atoms with Gasteiger partial charge in [-0.2, -0.15) is 0 Å². The number of likely N-dealkylation sites (N-methyl/N-ethyl adjacent to an activating group) is 2. The molecule has 3 N–H and O–H groups in total. The summed E-state index contributed by atoms with van der Waals surface area (Å²) in [5.74, 6) is -0.693. The van der Waals surface area contributed by atoms with Crippen LogP contribution in [0.5, 0.6) is 0 Å². The largest absolute Gasteiger partial charge is 0.384 e. The summed E-state index contributed by atoms with van der Waals surface area (Å²) in [6.07, 6.45) is 0. The van der Waals surface area contributed by atoms with Gasteiger partial charge in [0.1, 0.15) is 11.7 Å². The van der Waals surface area contributed by atoms with E-state index in [4.69, 9.17) is 11.1 Å². The van der Waals surface area contributed by atoms with E-state index in [1.807, 2.05) is 30.9 Å². The van der Waals surface area contributed by atoms with Gasteiger partial charge < -0.3 is 15.5 Å². The molecule has 1 aromatic rings. The van der Waals surface area contributed by atoms with E-state index in [-0.39, 0.29) is 11.4 Å². The number of anilines is 1. The molecule has 0 saturated carbocycles. The van der Waals surface area contributed by atoms with Crippen LogP contribution >= 0.6 is 0 Å².